The molecule has 0 fully saturated rings. The Balaban J connectivity index is 1.63. The maximum Gasteiger partial charge on any atom is 0.262 e. The summed E-state index contributed by atoms with van der Waals surface area (Å²) >= 11 is 3.44. The molecule has 5 nitrogen and oxygen atoms in total. The van der Waals surface area contributed by atoms with Crippen LogP contribution in [0.1, 0.15) is 16.7 Å². The lowest BCUT2D eigenvalue weighted by molar-refractivity contribution is -0.117. The number of amides is 1. The largest absolute Gasteiger partial charge is 0.497 e. The number of carbonyl (C=O) groups is 1. The highest BCUT2D eigenvalue weighted by atomic mass is 79.9. The summed E-state index contributed by atoms with van der Waals surface area (Å²) in [6.45, 7) is 0.501. The van der Waals surface area contributed by atoms with Crippen LogP contribution in [0.4, 0.5) is 4.39 Å². The number of hydrogen-bond acceptors (Lipinski definition) is 4. The highest BCUT2D eigenvalue weighted by Gasteiger charge is 2.10. The van der Waals surface area contributed by atoms with Crippen LogP contribution in [0.5, 0.6) is 11.5 Å². The van der Waals surface area contributed by atoms with Crippen molar-refractivity contribution in [3.8, 4) is 17.6 Å². The summed E-state index contributed by atoms with van der Waals surface area (Å²) < 4.78 is 24.8. The summed E-state index contributed by atoms with van der Waals surface area (Å²) in [5.74, 6) is 0.506. The van der Waals surface area contributed by atoms with Crippen LogP contribution in [0.15, 0.2) is 76.8 Å². The molecule has 0 aliphatic carbocycles. The molecule has 0 aliphatic heterocycles. The number of nitrogens with one attached hydrogen (secondary N) is 1. The Hall–Kier alpha value is -3.63. The molecule has 7 heteroatoms. The van der Waals surface area contributed by atoms with Gasteiger partial charge >= 0.3 is 0 Å². The van der Waals surface area contributed by atoms with Gasteiger partial charge in [-0.25, -0.2) is 4.39 Å². The van der Waals surface area contributed by atoms with E-state index < -0.39 is 5.91 Å². The summed E-state index contributed by atoms with van der Waals surface area (Å²) in [6, 6.07) is 20.6. The average Bonchev–Trinajstić information content (AvgIpc) is 2.80. The summed E-state index contributed by atoms with van der Waals surface area (Å²) in [5.41, 5.74) is 2.24. The van der Waals surface area contributed by atoms with Crippen molar-refractivity contribution < 1.29 is 18.7 Å². The molecule has 0 radical (unpaired) electrons. The fraction of sp³-hybridized carbons (Fsp3) is 0.120. The number of rotatable bonds is 8. The second-order valence-electron chi connectivity index (χ2n) is 6.81. The molecule has 0 atom stereocenters. The van der Waals surface area contributed by atoms with Crippen LogP contribution in [0.2, 0.25) is 0 Å². The first-order chi connectivity index (χ1) is 15.5. The fourth-order valence-corrected chi connectivity index (χ4v) is 3.36. The van der Waals surface area contributed by atoms with Gasteiger partial charge in [0.1, 0.15) is 35.6 Å². The van der Waals surface area contributed by atoms with Crippen LogP contribution >= 0.6 is 15.9 Å². The first-order valence-corrected chi connectivity index (χ1v) is 10.5. The van der Waals surface area contributed by atoms with Gasteiger partial charge in [0.15, 0.2) is 0 Å². The Labute approximate surface area is 194 Å². The van der Waals surface area contributed by atoms with Gasteiger partial charge in [-0.05, 0) is 75.1 Å². The topological polar surface area (TPSA) is 71.3 Å². The van der Waals surface area contributed by atoms with E-state index in [0.29, 0.717) is 27.9 Å². The summed E-state index contributed by atoms with van der Waals surface area (Å²) in [5, 5.41) is 12.2. The minimum Gasteiger partial charge on any atom is -0.497 e. The van der Waals surface area contributed by atoms with E-state index in [1.165, 1.54) is 18.2 Å². The van der Waals surface area contributed by atoms with Gasteiger partial charge in [0, 0.05) is 6.54 Å². The van der Waals surface area contributed by atoms with E-state index in [-0.39, 0.29) is 18.0 Å². The molecule has 162 valence electrons. The molecule has 0 saturated heterocycles. The Morgan fingerprint density at radius 2 is 1.91 bits per heavy atom. The van der Waals surface area contributed by atoms with Gasteiger partial charge < -0.3 is 14.8 Å². The minimum absolute atomic E-state index is 0.0150. The summed E-state index contributed by atoms with van der Waals surface area (Å²) in [4.78, 5) is 12.4. The highest BCUT2D eigenvalue weighted by molar-refractivity contribution is 9.10. The molecule has 0 aliphatic rings. The van der Waals surface area contributed by atoms with E-state index >= 15 is 0 Å². The number of halogens is 2. The second kappa shape index (κ2) is 11.1. The molecule has 1 N–H and O–H groups in total. The normalized spacial score (nSPS) is 10.9. The van der Waals surface area contributed by atoms with Crippen LogP contribution in [-0.4, -0.2) is 13.0 Å². The molecule has 0 heterocycles. The molecule has 0 aromatic heterocycles. The van der Waals surface area contributed by atoms with Crippen LogP contribution < -0.4 is 14.8 Å². The van der Waals surface area contributed by atoms with Crippen molar-refractivity contribution in [1.29, 1.82) is 5.26 Å². The molecular weight excluding hydrogens is 475 g/mol. The van der Waals surface area contributed by atoms with Crippen LogP contribution in [-0.2, 0) is 17.9 Å². The standard InChI is InChI=1S/C25H20BrFN2O3/c1-31-22-8-5-17(6-9-22)15-29-25(30)20(14-28)11-18-7-10-24(23(26)13-18)32-16-19-3-2-4-21(27)12-19/h2-13H,15-16H2,1H3,(H,29,30)/b20-11-. The van der Waals surface area contributed by atoms with Gasteiger partial charge in [-0.15, -0.1) is 0 Å². The number of benzene rings is 3. The van der Waals surface area contributed by atoms with E-state index in [4.69, 9.17) is 9.47 Å². The molecule has 0 saturated carbocycles. The first kappa shape index (κ1) is 23.0. The fourth-order valence-electron chi connectivity index (χ4n) is 2.85. The quantitative estimate of drug-likeness (QED) is 0.336. The molecule has 0 spiro atoms. The molecule has 3 aromatic rings. The molecule has 0 bridgehead atoms. The zero-order valence-electron chi connectivity index (χ0n) is 17.3. The van der Waals surface area contributed by atoms with Gasteiger partial charge in [-0.2, -0.15) is 5.26 Å². The van der Waals surface area contributed by atoms with Gasteiger partial charge in [0.05, 0.1) is 11.6 Å². The Morgan fingerprint density at radius 3 is 2.56 bits per heavy atom. The average molecular weight is 495 g/mol. The number of hydrogen-bond donors (Lipinski definition) is 1. The minimum atomic E-state index is -0.467. The first-order valence-electron chi connectivity index (χ1n) is 9.68. The maximum atomic E-state index is 13.3. The Morgan fingerprint density at radius 1 is 1.12 bits per heavy atom. The van der Waals surface area contributed by atoms with Gasteiger partial charge in [0.25, 0.3) is 5.91 Å². The lowest BCUT2D eigenvalue weighted by atomic mass is 10.1. The lowest BCUT2D eigenvalue weighted by Gasteiger charge is -2.09. The van der Waals surface area contributed by atoms with E-state index in [1.54, 1.807) is 49.6 Å². The third kappa shape index (κ3) is 6.43. The molecule has 3 rings (SSSR count). The maximum absolute atomic E-state index is 13.3. The second-order valence-corrected chi connectivity index (χ2v) is 7.66. The number of ether oxygens (including phenoxy) is 2. The van der Waals surface area contributed by atoms with Crippen LogP contribution in [0.3, 0.4) is 0 Å². The molecule has 1 amide bonds. The van der Waals surface area contributed by atoms with Gasteiger partial charge in [-0.1, -0.05) is 30.3 Å². The van der Waals surface area contributed by atoms with Gasteiger partial charge in [-0.3, -0.25) is 4.79 Å². The predicted molar refractivity (Wildman–Crippen MR) is 123 cm³/mol. The van der Waals surface area contributed by atoms with E-state index in [2.05, 4.69) is 21.2 Å². The molecule has 32 heavy (non-hydrogen) atoms. The smallest absolute Gasteiger partial charge is 0.262 e. The number of methoxy groups -OCH3 is 1. The summed E-state index contributed by atoms with van der Waals surface area (Å²) in [6.07, 6.45) is 1.50. The lowest BCUT2D eigenvalue weighted by Crippen LogP contribution is -2.23. The van der Waals surface area contributed by atoms with Gasteiger partial charge in [0.2, 0.25) is 0 Å². The van der Waals surface area contributed by atoms with Crippen molar-refractivity contribution in [2.24, 2.45) is 0 Å². The van der Waals surface area contributed by atoms with Crippen molar-refractivity contribution in [3.63, 3.8) is 0 Å². The van der Waals surface area contributed by atoms with E-state index in [9.17, 15) is 14.4 Å². The zero-order chi connectivity index (χ0) is 22.9. The predicted octanol–water partition coefficient (Wildman–Crippen LogP) is 5.40. The van der Waals surface area contributed by atoms with Crippen molar-refractivity contribution in [2.75, 3.05) is 7.11 Å². The van der Waals surface area contributed by atoms with Crippen molar-refractivity contribution in [3.05, 3.63) is 99.3 Å². The van der Waals surface area contributed by atoms with Crippen molar-refractivity contribution in [2.45, 2.75) is 13.2 Å². The van der Waals surface area contributed by atoms with E-state index in [1.807, 2.05) is 18.2 Å². The van der Waals surface area contributed by atoms with E-state index in [0.717, 1.165) is 11.3 Å². The number of carbonyl (C=O) groups excluding carboxylic acids is 1. The number of nitrogens with zero attached hydrogens (tertiary/aromatic N) is 1. The third-order valence-electron chi connectivity index (χ3n) is 4.53. The molecule has 0 unspecified atom stereocenters. The van der Waals surface area contributed by atoms with Crippen molar-refractivity contribution in [1.82, 2.24) is 5.32 Å². The third-order valence-corrected chi connectivity index (χ3v) is 5.15. The van der Waals surface area contributed by atoms with Crippen LogP contribution in [0, 0.1) is 17.1 Å². The monoisotopic (exact) mass is 494 g/mol. The SMILES string of the molecule is COc1ccc(CNC(=O)/C(C#N)=C\c2ccc(OCc3cccc(F)c3)c(Br)c2)cc1. The zero-order valence-corrected chi connectivity index (χ0v) is 18.9. The van der Waals surface area contributed by atoms with Crippen molar-refractivity contribution >= 4 is 27.9 Å². The molecule has 3 aromatic carbocycles. The Kier molecular flexibility index (Phi) is 8.01. The number of nitriles is 1. The molecular formula is C25H20BrFN2O3. The Bertz CT molecular complexity index is 1170. The highest BCUT2D eigenvalue weighted by Crippen LogP contribution is 2.28. The van der Waals surface area contributed by atoms with Crippen LogP contribution in [0.25, 0.3) is 6.08 Å². The summed E-state index contributed by atoms with van der Waals surface area (Å²) in [7, 11) is 1.59.